The minimum atomic E-state index is 0.587. The minimum Gasteiger partial charge on any atom is -0.241 e. The molecule has 0 unspecified atom stereocenters. The summed E-state index contributed by atoms with van der Waals surface area (Å²) < 4.78 is 0. The summed E-state index contributed by atoms with van der Waals surface area (Å²) in [5.74, 6) is 0.916. The number of rotatable bonds is 3. The van der Waals surface area contributed by atoms with Gasteiger partial charge in [-0.05, 0) is 43.2 Å². The lowest BCUT2D eigenvalue weighted by molar-refractivity contribution is 0.928. The molecule has 1 nitrogen and oxygen atoms in total. The maximum Gasteiger partial charge on any atom is 0.129 e. The van der Waals surface area contributed by atoms with Crippen molar-refractivity contribution < 1.29 is 0 Å². The average molecular weight is 202 g/mol. The van der Waals surface area contributed by atoms with Crippen molar-refractivity contribution in [3.63, 3.8) is 0 Å². The molecule has 0 radical (unpaired) electrons. The van der Waals surface area contributed by atoms with Gasteiger partial charge in [-0.15, -0.1) is 0 Å². The predicted molar refractivity (Wildman–Crippen MR) is 56.2 cm³/mol. The zero-order chi connectivity index (χ0) is 8.97. The van der Waals surface area contributed by atoms with Crippen LogP contribution in [0.25, 0.3) is 0 Å². The number of hydrogen-bond acceptors (Lipinski definition) is 2. The SMILES string of the molecule is Cc1cc(CCCS)cc(Cl)n1. The van der Waals surface area contributed by atoms with Gasteiger partial charge < -0.3 is 0 Å². The Hall–Kier alpha value is -0.210. The molecule has 66 valence electrons. The second-order valence-electron chi connectivity index (χ2n) is 2.77. The number of hydrogen-bond donors (Lipinski definition) is 1. The topological polar surface area (TPSA) is 12.9 Å². The van der Waals surface area contributed by atoms with Gasteiger partial charge in [0.15, 0.2) is 0 Å². The fourth-order valence-electron chi connectivity index (χ4n) is 1.12. The van der Waals surface area contributed by atoms with Gasteiger partial charge in [0.25, 0.3) is 0 Å². The zero-order valence-corrected chi connectivity index (χ0v) is 8.70. The summed E-state index contributed by atoms with van der Waals surface area (Å²) in [7, 11) is 0. The first-order valence-electron chi connectivity index (χ1n) is 3.96. The third-order valence-electron chi connectivity index (χ3n) is 1.61. The highest BCUT2D eigenvalue weighted by Gasteiger charge is 1.97. The van der Waals surface area contributed by atoms with E-state index in [0.29, 0.717) is 5.15 Å². The fraction of sp³-hybridized carbons (Fsp3) is 0.444. The molecule has 1 rings (SSSR count). The maximum atomic E-state index is 5.80. The van der Waals surface area contributed by atoms with Crippen LogP contribution in [0.4, 0.5) is 0 Å². The molecule has 1 aromatic rings. The lowest BCUT2D eigenvalue weighted by Crippen LogP contribution is -1.90. The van der Waals surface area contributed by atoms with Crippen LogP contribution < -0.4 is 0 Å². The Labute approximate surface area is 83.6 Å². The number of halogens is 1. The largest absolute Gasteiger partial charge is 0.241 e. The Bertz CT molecular complexity index is 242. The molecular weight excluding hydrogens is 190 g/mol. The van der Waals surface area contributed by atoms with Crippen LogP contribution in [0.3, 0.4) is 0 Å². The first kappa shape index (κ1) is 9.87. The number of thiol groups is 1. The number of aromatic nitrogens is 1. The molecule has 3 heteroatoms. The molecule has 0 amide bonds. The average Bonchev–Trinajstić information content (AvgIpc) is 1.99. The summed E-state index contributed by atoms with van der Waals surface area (Å²) >= 11 is 9.95. The molecule has 0 aliphatic rings. The maximum absolute atomic E-state index is 5.80. The Kier molecular flexibility index (Phi) is 3.89. The van der Waals surface area contributed by atoms with Crippen molar-refractivity contribution >= 4 is 24.2 Å². The van der Waals surface area contributed by atoms with Crippen LogP contribution in [0.2, 0.25) is 5.15 Å². The van der Waals surface area contributed by atoms with Gasteiger partial charge in [-0.3, -0.25) is 0 Å². The second kappa shape index (κ2) is 4.73. The molecule has 0 aromatic carbocycles. The van der Waals surface area contributed by atoms with Gasteiger partial charge in [0.1, 0.15) is 5.15 Å². The third kappa shape index (κ3) is 3.03. The van der Waals surface area contributed by atoms with Crippen molar-refractivity contribution in [2.75, 3.05) is 5.75 Å². The van der Waals surface area contributed by atoms with E-state index in [1.807, 2.05) is 13.0 Å². The van der Waals surface area contributed by atoms with Gasteiger partial charge in [0, 0.05) is 5.69 Å². The van der Waals surface area contributed by atoms with Crippen LogP contribution in [0, 0.1) is 6.92 Å². The summed E-state index contributed by atoms with van der Waals surface area (Å²) in [6, 6.07) is 3.98. The van der Waals surface area contributed by atoms with E-state index in [9.17, 15) is 0 Å². The third-order valence-corrected chi connectivity index (χ3v) is 2.12. The summed E-state index contributed by atoms with van der Waals surface area (Å²) in [4.78, 5) is 4.09. The number of pyridine rings is 1. The van der Waals surface area contributed by atoms with Gasteiger partial charge in [-0.25, -0.2) is 4.98 Å². The Morgan fingerprint density at radius 2 is 2.25 bits per heavy atom. The van der Waals surface area contributed by atoms with E-state index in [4.69, 9.17) is 11.6 Å². The van der Waals surface area contributed by atoms with Crippen molar-refractivity contribution in [3.05, 3.63) is 28.5 Å². The molecule has 0 aliphatic heterocycles. The Balaban J connectivity index is 2.72. The molecule has 12 heavy (non-hydrogen) atoms. The van der Waals surface area contributed by atoms with Crippen LogP contribution in [-0.2, 0) is 6.42 Å². The molecule has 0 saturated heterocycles. The minimum absolute atomic E-state index is 0.587. The molecule has 0 fully saturated rings. The van der Waals surface area contributed by atoms with Gasteiger partial charge in [0.05, 0.1) is 0 Å². The lowest BCUT2D eigenvalue weighted by atomic mass is 10.1. The normalized spacial score (nSPS) is 10.2. The van der Waals surface area contributed by atoms with Crippen molar-refractivity contribution in [1.82, 2.24) is 4.98 Å². The summed E-state index contributed by atoms with van der Waals surface area (Å²) in [6.45, 7) is 1.95. The van der Waals surface area contributed by atoms with Crippen LogP contribution in [0.15, 0.2) is 12.1 Å². The molecule has 0 N–H and O–H groups in total. The van der Waals surface area contributed by atoms with E-state index in [2.05, 4.69) is 23.7 Å². The van der Waals surface area contributed by atoms with Crippen LogP contribution in [-0.4, -0.2) is 10.7 Å². The summed E-state index contributed by atoms with van der Waals surface area (Å²) in [6.07, 6.45) is 2.12. The Morgan fingerprint density at radius 3 is 2.83 bits per heavy atom. The highest BCUT2D eigenvalue weighted by molar-refractivity contribution is 7.80. The van der Waals surface area contributed by atoms with E-state index in [-0.39, 0.29) is 0 Å². The van der Waals surface area contributed by atoms with Gasteiger partial charge in [-0.2, -0.15) is 12.6 Å². The van der Waals surface area contributed by atoms with Crippen molar-refractivity contribution in [2.45, 2.75) is 19.8 Å². The number of aryl methyl sites for hydroxylation is 2. The van der Waals surface area contributed by atoms with Crippen LogP contribution in [0.5, 0.6) is 0 Å². The zero-order valence-electron chi connectivity index (χ0n) is 7.05. The van der Waals surface area contributed by atoms with Gasteiger partial charge in [-0.1, -0.05) is 11.6 Å². The molecule has 1 aromatic heterocycles. The van der Waals surface area contributed by atoms with E-state index in [1.165, 1.54) is 5.56 Å². The van der Waals surface area contributed by atoms with Crippen LogP contribution >= 0.6 is 24.2 Å². The highest BCUT2D eigenvalue weighted by Crippen LogP contribution is 2.12. The van der Waals surface area contributed by atoms with E-state index in [1.54, 1.807) is 0 Å². The number of nitrogens with zero attached hydrogens (tertiary/aromatic N) is 1. The van der Waals surface area contributed by atoms with E-state index < -0.39 is 0 Å². The van der Waals surface area contributed by atoms with Crippen molar-refractivity contribution in [2.24, 2.45) is 0 Å². The monoisotopic (exact) mass is 201 g/mol. The van der Waals surface area contributed by atoms with E-state index >= 15 is 0 Å². The predicted octanol–water partition coefficient (Wildman–Crippen LogP) is 2.91. The standard InChI is InChI=1S/C9H12ClNS/c1-7-5-8(3-2-4-12)6-9(10)11-7/h5-6,12H,2-4H2,1H3. The molecule has 0 saturated carbocycles. The van der Waals surface area contributed by atoms with Crippen molar-refractivity contribution in [3.8, 4) is 0 Å². The molecule has 1 heterocycles. The van der Waals surface area contributed by atoms with E-state index in [0.717, 1.165) is 24.3 Å². The second-order valence-corrected chi connectivity index (χ2v) is 3.60. The van der Waals surface area contributed by atoms with Crippen molar-refractivity contribution in [1.29, 1.82) is 0 Å². The van der Waals surface area contributed by atoms with Gasteiger partial charge >= 0.3 is 0 Å². The fourth-order valence-corrected chi connectivity index (χ4v) is 1.56. The summed E-state index contributed by atoms with van der Waals surface area (Å²) in [5.41, 5.74) is 2.23. The lowest BCUT2D eigenvalue weighted by Gasteiger charge is -2.01. The molecular formula is C9H12ClNS. The molecule has 0 spiro atoms. The van der Waals surface area contributed by atoms with Gasteiger partial charge in [0.2, 0.25) is 0 Å². The first-order chi connectivity index (χ1) is 5.72. The Morgan fingerprint density at radius 1 is 1.50 bits per heavy atom. The first-order valence-corrected chi connectivity index (χ1v) is 4.97. The smallest absolute Gasteiger partial charge is 0.129 e. The summed E-state index contributed by atoms with van der Waals surface area (Å²) in [5, 5.41) is 0.587. The molecule has 0 atom stereocenters. The van der Waals surface area contributed by atoms with Crippen LogP contribution in [0.1, 0.15) is 17.7 Å². The molecule has 0 aliphatic carbocycles. The quantitative estimate of drug-likeness (QED) is 0.586. The molecule has 0 bridgehead atoms. The highest BCUT2D eigenvalue weighted by atomic mass is 35.5.